The number of unbranched alkanes of at least 4 members (excludes halogenated alkanes) is 2. The lowest BCUT2D eigenvalue weighted by Gasteiger charge is -2.37. The number of benzene rings is 1. The molecule has 3 amide bonds. The predicted octanol–water partition coefficient (Wildman–Crippen LogP) is 5.04. The first-order valence-corrected chi connectivity index (χ1v) is 23.2. The Bertz CT molecular complexity index is 2410. The molecular weight excluding hydrogens is 833 g/mol. The Morgan fingerprint density at radius 3 is 2.58 bits per heavy atom. The Morgan fingerprint density at radius 2 is 1.75 bits per heavy atom. The number of pyridine rings is 1. The molecule has 3 fully saturated rings. The summed E-state index contributed by atoms with van der Waals surface area (Å²) in [7, 11) is 0. The summed E-state index contributed by atoms with van der Waals surface area (Å²) in [5.74, 6) is 0.971. The van der Waals surface area contributed by atoms with Crippen molar-refractivity contribution in [3.05, 3.63) is 77.2 Å². The van der Waals surface area contributed by atoms with Gasteiger partial charge in [-0.2, -0.15) is 10.1 Å². The van der Waals surface area contributed by atoms with Crippen molar-refractivity contribution >= 4 is 34.6 Å². The Balaban J connectivity index is 0.618. The number of nitrogens with one attached hydrogen (secondary N) is 3. The van der Waals surface area contributed by atoms with Gasteiger partial charge in [0.15, 0.2) is 5.65 Å². The number of aryl methyl sites for hydroxylation is 1. The van der Waals surface area contributed by atoms with Crippen LogP contribution in [0.25, 0.3) is 17.2 Å². The minimum atomic E-state index is -0.935. The summed E-state index contributed by atoms with van der Waals surface area (Å²) in [5, 5.41) is 37.4. The van der Waals surface area contributed by atoms with Gasteiger partial charge in [0.05, 0.1) is 41.7 Å². The first-order valence-electron chi connectivity index (χ1n) is 23.2. The third-order valence-corrected chi connectivity index (χ3v) is 13.0. The van der Waals surface area contributed by atoms with Gasteiger partial charge in [-0.05, 0) is 100 Å². The highest BCUT2D eigenvalue weighted by atomic mass is 16.5. The van der Waals surface area contributed by atoms with Gasteiger partial charge in [0, 0.05) is 75.8 Å². The highest BCUT2D eigenvalue weighted by Gasteiger charge is 2.39. The van der Waals surface area contributed by atoms with E-state index in [1.807, 2.05) is 35.7 Å². The van der Waals surface area contributed by atoms with Gasteiger partial charge in [-0.3, -0.25) is 20.0 Å². The van der Waals surface area contributed by atoms with Crippen LogP contribution < -0.4 is 20.9 Å². The van der Waals surface area contributed by atoms with Crippen LogP contribution in [-0.2, 0) is 22.6 Å². The van der Waals surface area contributed by atoms with Crippen molar-refractivity contribution in [2.24, 2.45) is 0 Å². The fourth-order valence-corrected chi connectivity index (χ4v) is 9.62. The zero-order valence-electron chi connectivity index (χ0n) is 37.0. The molecule has 0 bridgehead atoms. The van der Waals surface area contributed by atoms with Crippen LogP contribution in [0.4, 0.5) is 21.9 Å². The Hall–Kier alpha value is -5.57. The zero-order valence-corrected chi connectivity index (χ0v) is 37.0. The number of rotatable bonds is 18. The van der Waals surface area contributed by atoms with E-state index in [9.17, 15) is 19.8 Å². The van der Waals surface area contributed by atoms with Crippen LogP contribution in [-0.4, -0.2) is 133 Å². The molecular formula is C46H60N12O7. The number of carbonyl (C=O) groups excluding carboxylic acids is 2. The van der Waals surface area contributed by atoms with Crippen molar-refractivity contribution in [1.82, 2.24) is 44.8 Å². The van der Waals surface area contributed by atoms with Crippen LogP contribution in [0.1, 0.15) is 103 Å². The topological polar surface area (TPSA) is 221 Å². The molecule has 1 aliphatic carbocycles. The Morgan fingerprint density at radius 1 is 0.923 bits per heavy atom. The molecule has 7 heterocycles. The molecule has 2 saturated heterocycles. The number of ether oxygens (including phenoxy) is 2. The number of hydrogen-bond donors (Lipinski definition) is 5. The lowest BCUT2D eigenvalue weighted by molar-refractivity contribution is -0.0477. The second-order valence-electron chi connectivity index (χ2n) is 17.6. The number of fused-ring (bicyclic) bond motifs is 2. The average molecular weight is 893 g/mol. The van der Waals surface area contributed by atoms with Crippen LogP contribution in [0.5, 0.6) is 0 Å². The van der Waals surface area contributed by atoms with Crippen molar-refractivity contribution < 1.29 is 33.8 Å². The van der Waals surface area contributed by atoms with E-state index in [0.29, 0.717) is 72.9 Å². The molecule has 0 spiro atoms. The van der Waals surface area contributed by atoms with Gasteiger partial charge in [0.25, 0.3) is 11.8 Å². The van der Waals surface area contributed by atoms with Gasteiger partial charge >= 0.3 is 6.03 Å². The molecule has 3 aliphatic heterocycles. The molecule has 65 heavy (non-hydrogen) atoms. The zero-order chi connectivity index (χ0) is 44.7. The molecule has 5 aromatic rings. The number of amides is 3. The Labute approximate surface area is 377 Å². The van der Waals surface area contributed by atoms with Gasteiger partial charge in [-0.25, -0.2) is 14.3 Å². The maximum absolute atomic E-state index is 13.1. The van der Waals surface area contributed by atoms with Gasteiger partial charge in [-0.1, -0.05) is 18.0 Å². The number of aromatic nitrogens is 6. The second kappa shape index (κ2) is 20.7. The average Bonchev–Trinajstić information content (AvgIpc) is 4.15. The smallest absolute Gasteiger partial charge is 0.323 e. The maximum Gasteiger partial charge on any atom is 0.323 e. The van der Waals surface area contributed by atoms with Crippen molar-refractivity contribution in [2.75, 3.05) is 68.1 Å². The van der Waals surface area contributed by atoms with Crippen LogP contribution in [0, 0.1) is 6.92 Å². The number of hydrogen-bond acceptors (Lipinski definition) is 15. The van der Waals surface area contributed by atoms with Gasteiger partial charge in [-0.15, -0.1) is 0 Å². The number of anilines is 3. The van der Waals surface area contributed by atoms with E-state index in [0.717, 1.165) is 119 Å². The van der Waals surface area contributed by atoms with Crippen molar-refractivity contribution in [2.45, 2.75) is 109 Å². The SMILES string of the molecule is Cc1cc(NC(=O)Nc2cnc3ccnn3c2C2CCCC2)cnc1-c1noc(COCCCOCCCCCN2CCN(c3ccc4c(c3)CN(C3CCC(O)NC3O)C4=O)CC2)n1. The van der Waals surface area contributed by atoms with Crippen LogP contribution in [0.2, 0.25) is 0 Å². The van der Waals surface area contributed by atoms with Gasteiger partial charge < -0.3 is 44.6 Å². The molecule has 4 aliphatic rings. The molecule has 4 aromatic heterocycles. The monoisotopic (exact) mass is 892 g/mol. The van der Waals surface area contributed by atoms with E-state index in [4.69, 9.17) is 14.0 Å². The predicted molar refractivity (Wildman–Crippen MR) is 241 cm³/mol. The summed E-state index contributed by atoms with van der Waals surface area (Å²) >= 11 is 0. The number of aliphatic hydroxyl groups is 2. The summed E-state index contributed by atoms with van der Waals surface area (Å²) in [6, 6.07) is 9.05. The van der Waals surface area contributed by atoms with E-state index in [-0.39, 0.29) is 18.6 Å². The number of urea groups is 1. The molecule has 0 radical (unpaired) electrons. The standard InChI is InChI=1S/C46H60N12O7/c1-30-24-33(50-46(62)51-36-27-47-38-14-15-49-58(38)42(36)31-8-3-4-9-31)26-48-41(30)43-53-40(65-54-43)29-64-23-7-22-63-21-6-2-5-16-55-17-19-56(20-18-55)34-10-11-35-32(25-34)28-57(45(35)61)37-12-13-39(59)52-44(37)60/h10-11,14-15,24-27,31,37,39,44,52,59-60H,2-9,12-13,16-23,28-29H2,1H3,(H2,50,51,62). The number of carbonyl (C=O) groups is 2. The minimum Gasteiger partial charge on any atom is -0.381 e. The minimum absolute atomic E-state index is 0.0507. The van der Waals surface area contributed by atoms with Crippen LogP contribution in [0.3, 0.4) is 0 Å². The molecule has 3 unspecified atom stereocenters. The number of aliphatic hydroxyl groups excluding tert-OH is 2. The number of nitrogens with zero attached hydrogens (tertiary/aromatic N) is 9. The molecule has 1 aromatic carbocycles. The van der Waals surface area contributed by atoms with Crippen molar-refractivity contribution in [1.29, 1.82) is 0 Å². The third-order valence-electron chi connectivity index (χ3n) is 13.0. The summed E-state index contributed by atoms with van der Waals surface area (Å²) in [4.78, 5) is 46.4. The van der Waals surface area contributed by atoms with Crippen molar-refractivity contribution in [3.63, 3.8) is 0 Å². The molecule has 5 N–H and O–H groups in total. The lowest BCUT2D eigenvalue weighted by atomic mass is 10.0. The highest BCUT2D eigenvalue weighted by Crippen LogP contribution is 2.38. The van der Waals surface area contributed by atoms with Crippen LogP contribution in [0.15, 0.2) is 53.4 Å². The number of piperidine rings is 1. The van der Waals surface area contributed by atoms with E-state index >= 15 is 0 Å². The van der Waals surface area contributed by atoms with E-state index in [2.05, 4.69) is 57.0 Å². The molecule has 19 heteroatoms. The number of piperazine rings is 1. The lowest BCUT2D eigenvalue weighted by Crippen LogP contribution is -2.56. The van der Waals surface area contributed by atoms with E-state index < -0.39 is 18.5 Å². The summed E-state index contributed by atoms with van der Waals surface area (Å²) in [5.41, 5.74) is 7.09. The maximum atomic E-state index is 13.1. The fraction of sp³-hybridized carbons (Fsp3) is 0.543. The molecule has 19 nitrogen and oxygen atoms in total. The Kier molecular flexibility index (Phi) is 14.2. The first-order chi connectivity index (χ1) is 31.8. The van der Waals surface area contributed by atoms with E-state index in [1.165, 1.54) is 0 Å². The van der Waals surface area contributed by atoms with Crippen molar-refractivity contribution in [3.8, 4) is 11.5 Å². The molecule has 3 atom stereocenters. The molecule has 9 rings (SSSR count). The molecule has 1 saturated carbocycles. The largest absolute Gasteiger partial charge is 0.381 e. The quantitative estimate of drug-likeness (QED) is 0.0728. The van der Waals surface area contributed by atoms with Crippen LogP contribution >= 0.6 is 0 Å². The van der Waals surface area contributed by atoms with Gasteiger partial charge in [0.2, 0.25) is 5.82 Å². The third kappa shape index (κ3) is 10.6. The van der Waals surface area contributed by atoms with Gasteiger partial charge in [0.1, 0.15) is 24.8 Å². The fourth-order valence-electron chi connectivity index (χ4n) is 9.62. The first kappa shape index (κ1) is 44.6. The second-order valence-corrected chi connectivity index (χ2v) is 17.6. The normalized spacial score (nSPS) is 20.5. The summed E-state index contributed by atoms with van der Waals surface area (Å²) < 4.78 is 18.9. The summed E-state index contributed by atoms with van der Waals surface area (Å²) in [6.45, 7) is 9.35. The highest BCUT2D eigenvalue weighted by molar-refractivity contribution is 6.00. The van der Waals surface area contributed by atoms with E-state index in [1.54, 1.807) is 23.5 Å². The molecule has 346 valence electrons. The summed E-state index contributed by atoms with van der Waals surface area (Å²) in [6.07, 6.45) is 12.8.